The van der Waals surface area contributed by atoms with E-state index in [0.29, 0.717) is 11.1 Å². The highest BCUT2D eigenvalue weighted by Gasteiger charge is 2.34. The molecule has 0 N–H and O–H groups in total. The molecule has 1 aliphatic rings. The second-order valence-electron chi connectivity index (χ2n) is 6.37. The Hall–Kier alpha value is -3.87. The lowest BCUT2D eigenvalue weighted by atomic mass is 10.1. The number of nitrogens with zero attached hydrogens (tertiary/aromatic N) is 1. The second-order valence-corrected chi connectivity index (χ2v) is 6.37. The Bertz CT molecular complexity index is 1150. The van der Waals surface area contributed by atoms with Gasteiger partial charge in [-0.25, -0.2) is 9.79 Å². The number of benzene rings is 3. The lowest BCUT2D eigenvalue weighted by molar-refractivity contribution is -0.138. The molecule has 4 rings (SSSR count). The van der Waals surface area contributed by atoms with E-state index in [-0.39, 0.29) is 23.1 Å². The Balaban J connectivity index is 1.61. The van der Waals surface area contributed by atoms with Gasteiger partial charge in [-0.15, -0.1) is 0 Å². The molecule has 0 bridgehead atoms. The highest BCUT2D eigenvalue weighted by Crippen LogP contribution is 2.38. The average molecular weight is 409 g/mol. The molecule has 30 heavy (non-hydrogen) atoms. The average Bonchev–Trinajstić information content (AvgIpc) is 3.09. The van der Waals surface area contributed by atoms with Gasteiger partial charge in [0.25, 0.3) is 0 Å². The zero-order valence-corrected chi connectivity index (χ0v) is 15.4. The molecule has 1 heterocycles. The van der Waals surface area contributed by atoms with Crippen molar-refractivity contribution in [1.82, 2.24) is 0 Å². The van der Waals surface area contributed by atoms with E-state index in [4.69, 9.17) is 9.47 Å². The summed E-state index contributed by atoms with van der Waals surface area (Å²) in [4.78, 5) is 16.3. The molecular weight excluding hydrogens is 395 g/mol. The maximum atomic E-state index is 13.2. The molecule has 7 heteroatoms. The minimum absolute atomic E-state index is 0.0849. The van der Waals surface area contributed by atoms with E-state index < -0.39 is 17.7 Å². The Kier molecular flexibility index (Phi) is 5.10. The van der Waals surface area contributed by atoms with Gasteiger partial charge in [-0.3, -0.25) is 0 Å². The lowest BCUT2D eigenvalue weighted by Gasteiger charge is -2.13. The number of carbonyl (C=O) groups excluding carboxylic acids is 1. The van der Waals surface area contributed by atoms with Crippen LogP contribution in [0.3, 0.4) is 0 Å². The topological polar surface area (TPSA) is 47.9 Å². The fourth-order valence-corrected chi connectivity index (χ4v) is 2.86. The summed E-state index contributed by atoms with van der Waals surface area (Å²) >= 11 is 0. The largest absolute Gasteiger partial charge is 0.457 e. The molecular formula is C23H14F3NO3. The number of aliphatic imine (C=N–C) groups is 1. The van der Waals surface area contributed by atoms with Crippen LogP contribution in [0.25, 0.3) is 6.08 Å². The summed E-state index contributed by atoms with van der Waals surface area (Å²) in [5.74, 6) is -0.528. The first-order valence-electron chi connectivity index (χ1n) is 8.92. The quantitative estimate of drug-likeness (QED) is 0.402. The zero-order valence-electron chi connectivity index (χ0n) is 15.4. The number of cyclic esters (lactones) is 1. The number of esters is 1. The van der Waals surface area contributed by atoms with Crippen LogP contribution in [0, 0.1) is 0 Å². The smallest absolute Gasteiger partial charge is 0.419 e. The summed E-state index contributed by atoms with van der Waals surface area (Å²) in [5, 5.41) is 0. The number of hydrogen-bond donors (Lipinski definition) is 0. The first kappa shape index (κ1) is 19.4. The summed E-state index contributed by atoms with van der Waals surface area (Å²) < 4.78 is 50.2. The third-order valence-corrected chi connectivity index (χ3v) is 4.22. The van der Waals surface area contributed by atoms with Gasteiger partial charge in [-0.2, -0.15) is 13.2 Å². The number of para-hydroxylation sites is 1. The number of carbonyl (C=O) groups is 1. The molecule has 0 unspecified atom stereocenters. The van der Waals surface area contributed by atoms with Gasteiger partial charge < -0.3 is 9.47 Å². The number of rotatable bonds is 4. The number of halogens is 3. The molecule has 0 spiro atoms. The fourth-order valence-electron chi connectivity index (χ4n) is 2.86. The maximum Gasteiger partial charge on any atom is 0.419 e. The van der Waals surface area contributed by atoms with Gasteiger partial charge in [0.1, 0.15) is 11.5 Å². The summed E-state index contributed by atoms with van der Waals surface area (Å²) in [6, 6.07) is 20.3. The predicted octanol–water partition coefficient (Wildman–Crippen LogP) is 5.84. The van der Waals surface area contributed by atoms with Crippen LogP contribution in [0.2, 0.25) is 0 Å². The minimum atomic E-state index is -4.54. The third-order valence-electron chi connectivity index (χ3n) is 4.22. The van der Waals surface area contributed by atoms with Crippen molar-refractivity contribution in [3.8, 4) is 11.5 Å². The van der Waals surface area contributed by atoms with E-state index in [9.17, 15) is 18.0 Å². The number of alkyl halides is 3. The van der Waals surface area contributed by atoms with E-state index in [2.05, 4.69) is 4.99 Å². The van der Waals surface area contributed by atoms with Gasteiger partial charge in [0.2, 0.25) is 5.90 Å². The van der Waals surface area contributed by atoms with Crippen LogP contribution in [-0.4, -0.2) is 11.9 Å². The van der Waals surface area contributed by atoms with Crippen LogP contribution in [0.15, 0.2) is 89.6 Å². The molecule has 0 radical (unpaired) electrons. The molecule has 0 aliphatic carbocycles. The van der Waals surface area contributed by atoms with E-state index in [0.717, 1.165) is 6.07 Å². The van der Waals surface area contributed by atoms with Crippen molar-refractivity contribution in [1.29, 1.82) is 0 Å². The summed E-state index contributed by atoms with van der Waals surface area (Å²) in [6.45, 7) is 0. The van der Waals surface area contributed by atoms with Crippen LogP contribution in [0.1, 0.15) is 16.7 Å². The predicted molar refractivity (Wildman–Crippen MR) is 105 cm³/mol. The minimum Gasteiger partial charge on any atom is -0.457 e. The molecule has 4 nitrogen and oxygen atoms in total. The molecule has 0 atom stereocenters. The Morgan fingerprint density at radius 3 is 2.40 bits per heavy atom. The van der Waals surface area contributed by atoms with E-state index in [1.54, 1.807) is 36.4 Å². The summed E-state index contributed by atoms with van der Waals surface area (Å²) in [6.07, 6.45) is -3.05. The summed E-state index contributed by atoms with van der Waals surface area (Å²) in [5.41, 5.74) is 0.406. The van der Waals surface area contributed by atoms with Gasteiger partial charge in [0, 0.05) is 5.56 Å². The van der Waals surface area contributed by atoms with Crippen LogP contribution in [-0.2, 0) is 15.7 Å². The number of hydrogen-bond acceptors (Lipinski definition) is 4. The Morgan fingerprint density at radius 1 is 0.900 bits per heavy atom. The molecule has 0 amide bonds. The van der Waals surface area contributed by atoms with E-state index in [1.807, 2.05) is 6.07 Å². The van der Waals surface area contributed by atoms with E-state index >= 15 is 0 Å². The van der Waals surface area contributed by atoms with Crippen LogP contribution in [0.4, 0.5) is 13.2 Å². The van der Waals surface area contributed by atoms with Gasteiger partial charge in [0.15, 0.2) is 5.70 Å². The van der Waals surface area contributed by atoms with Crippen molar-refractivity contribution in [2.75, 3.05) is 0 Å². The highest BCUT2D eigenvalue weighted by molar-refractivity contribution is 6.12. The maximum absolute atomic E-state index is 13.2. The summed E-state index contributed by atoms with van der Waals surface area (Å²) in [7, 11) is 0. The molecule has 1 aliphatic heterocycles. The van der Waals surface area contributed by atoms with Gasteiger partial charge in [-0.1, -0.05) is 42.5 Å². The SMILES string of the molecule is O=C1OC(c2ccccc2)=NC1=Cc1cccc(Oc2ccccc2C(F)(F)F)c1. The van der Waals surface area contributed by atoms with Crippen LogP contribution in [0.5, 0.6) is 11.5 Å². The highest BCUT2D eigenvalue weighted by atomic mass is 19.4. The van der Waals surface area contributed by atoms with Crippen molar-refractivity contribution >= 4 is 17.9 Å². The van der Waals surface area contributed by atoms with Gasteiger partial charge >= 0.3 is 12.1 Å². The Morgan fingerprint density at radius 2 is 1.63 bits per heavy atom. The van der Waals surface area contributed by atoms with Crippen molar-refractivity contribution in [2.24, 2.45) is 4.99 Å². The van der Waals surface area contributed by atoms with Crippen molar-refractivity contribution in [3.63, 3.8) is 0 Å². The normalized spacial score (nSPS) is 15.1. The lowest BCUT2D eigenvalue weighted by Crippen LogP contribution is -2.06. The van der Waals surface area contributed by atoms with Crippen molar-refractivity contribution < 1.29 is 27.4 Å². The standard InChI is InChI=1S/C23H14F3NO3/c24-23(25,26)18-11-4-5-12-20(18)29-17-10-6-7-15(13-17)14-19-22(28)30-21(27-19)16-8-2-1-3-9-16/h1-14H. The molecule has 0 fully saturated rings. The fraction of sp³-hybridized carbons (Fsp3) is 0.0435. The van der Waals surface area contributed by atoms with Crippen molar-refractivity contribution in [2.45, 2.75) is 6.18 Å². The van der Waals surface area contributed by atoms with Gasteiger partial charge in [-0.05, 0) is 48.0 Å². The molecule has 150 valence electrons. The zero-order chi connectivity index (χ0) is 21.1. The van der Waals surface area contributed by atoms with Crippen molar-refractivity contribution in [3.05, 3.63) is 101 Å². The van der Waals surface area contributed by atoms with E-state index in [1.165, 1.54) is 36.4 Å². The second kappa shape index (κ2) is 7.87. The monoisotopic (exact) mass is 409 g/mol. The first-order valence-corrected chi connectivity index (χ1v) is 8.92. The van der Waals surface area contributed by atoms with Crippen LogP contribution < -0.4 is 4.74 Å². The third kappa shape index (κ3) is 4.25. The first-order chi connectivity index (χ1) is 14.4. The van der Waals surface area contributed by atoms with Gasteiger partial charge in [0.05, 0.1) is 5.56 Å². The molecule has 0 saturated heterocycles. The molecule has 0 aromatic heterocycles. The molecule has 0 saturated carbocycles. The Labute approximate surface area is 169 Å². The number of ether oxygens (including phenoxy) is 2. The van der Waals surface area contributed by atoms with Crippen LogP contribution >= 0.6 is 0 Å². The molecule has 3 aromatic carbocycles. The molecule has 3 aromatic rings.